The van der Waals surface area contributed by atoms with E-state index in [2.05, 4.69) is 24.5 Å². The Morgan fingerprint density at radius 2 is 0.586 bits per heavy atom. The number of nitrogens with one attached hydrogen (secondary N) is 2. The highest BCUT2D eigenvalue weighted by Crippen LogP contribution is 2.20. The number of hydrogen-bond donors (Lipinski definition) is 2. The Bertz CT molecular complexity index is 2160. The number of carbonyl (C=O) groups excluding carboxylic acids is 8. The highest BCUT2D eigenvalue weighted by Gasteiger charge is 2.30. The summed E-state index contributed by atoms with van der Waals surface area (Å²) in [5.41, 5.74) is -4.02. The first-order valence-electron chi connectivity index (χ1n) is 39.0. The molecule has 0 saturated heterocycles. The van der Waals surface area contributed by atoms with Crippen molar-refractivity contribution in [3.05, 3.63) is 0 Å². The van der Waals surface area contributed by atoms with Crippen molar-refractivity contribution in [3.63, 3.8) is 0 Å². The van der Waals surface area contributed by atoms with Gasteiger partial charge in [0, 0.05) is 65.2 Å². The van der Waals surface area contributed by atoms with Crippen molar-refractivity contribution in [2.45, 2.75) is 383 Å². The van der Waals surface area contributed by atoms with Crippen LogP contribution in [0.4, 0.5) is 24.0 Å². The summed E-state index contributed by atoms with van der Waals surface area (Å²) in [5.74, 6) is -1.40. The van der Waals surface area contributed by atoms with Gasteiger partial charge in [-0.1, -0.05) is 194 Å². The van der Waals surface area contributed by atoms with E-state index in [0.29, 0.717) is 32.1 Å². The first-order chi connectivity index (χ1) is 46.5. The van der Waals surface area contributed by atoms with Gasteiger partial charge in [-0.3, -0.25) is 19.3 Å². The number of amides is 6. The van der Waals surface area contributed by atoms with Gasteiger partial charge in [0.1, 0.15) is 41.2 Å². The summed E-state index contributed by atoms with van der Waals surface area (Å²) in [7, 11) is 0. The van der Waals surface area contributed by atoms with Crippen LogP contribution in [0.1, 0.15) is 349 Å². The van der Waals surface area contributed by atoms with Crippen LogP contribution in [-0.4, -0.2) is 174 Å². The van der Waals surface area contributed by atoms with Crippen molar-refractivity contribution in [2.75, 3.05) is 72.1 Å². The molecule has 0 aromatic carbocycles. The molecule has 1 atom stereocenters. The fourth-order valence-electron chi connectivity index (χ4n) is 10.9. The molecule has 21 nitrogen and oxygen atoms in total. The molecule has 0 aromatic heterocycles. The van der Waals surface area contributed by atoms with E-state index in [4.69, 9.17) is 33.2 Å². The Morgan fingerprint density at radius 1 is 0.313 bits per heavy atom. The van der Waals surface area contributed by atoms with E-state index < -0.39 is 89.0 Å². The lowest BCUT2D eigenvalue weighted by Gasteiger charge is -2.31. The van der Waals surface area contributed by atoms with Crippen molar-refractivity contribution in [3.8, 4) is 0 Å². The topological polar surface area (TPSA) is 238 Å². The third kappa shape index (κ3) is 60.1. The van der Waals surface area contributed by atoms with E-state index in [-0.39, 0.29) is 84.8 Å². The number of carbonyl (C=O) groups is 8. The van der Waals surface area contributed by atoms with E-state index >= 15 is 0 Å². The average molecular weight is 1410 g/mol. The minimum Gasteiger partial charge on any atom is -0.462 e. The Labute approximate surface area is 602 Å². The number of unbranched alkanes of at least 4 members (excludes halogenated alkanes) is 28. The zero-order valence-corrected chi connectivity index (χ0v) is 66.2. The zero-order valence-electron chi connectivity index (χ0n) is 66.2. The lowest BCUT2D eigenvalue weighted by Crippen LogP contribution is -2.47. The average Bonchev–Trinajstić information content (AvgIpc) is 0.897. The van der Waals surface area contributed by atoms with Crippen LogP contribution < -0.4 is 10.6 Å². The van der Waals surface area contributed by atoms with Gasteiger partial charge in [-0.2, -0.15) is 0 Å². The third-order valence-corrected chi connectivity index (χ3v) is 16.0. The molecule has 99 heavy (non-hydrogen) atoms. The van der Waals surface area contributed by atoms with Crippen molar-refractivity contribution in [2.24, 2.45) is 0 Å². The van der Waals surface area contributed by atoms with Gasteiger partial charge < -0.3 is 58.5 Å². The van der Waals surface area contributed by atoms with Crippen LogP contribution in [0, 0.1) is 0 Å². The molecule has 580 valence electrons. The number of esters is 2. The molecule has 0 rings (SSSR count). The molecule has 0 heterocycles. The van der Waals surface area contributed by atoms with Gasteiger partial charge in [0.25, 0.3) is 0 Å². The normalized spacial score (nSPS) is 12.3. The first kappa shape index (κ1) is 93.8. The molecule has 21 heteroatoms. The van der Waals surface area contributed by atoms with Crippen LogP contribution in [0.5, 0.6) is 0 Å². The predicted octanol–water partition coefficient (Wildman–Crippen LogP) is 19.1. The number of alkyl carbamates (subject to hydrolysis) is 1. The first-order valence-corrected chi connectivity index (χ1v) is 39.0. The molecule has 0 aliphatic carbocycles. The quantitative estimate of drug-likeness (QED) is 0.0327. The summed E-state index contributed by atoms with van der Waals surface area (Å²) < 4.78 is 40.1. The minimum atomic E-state index is -0.968. The summed E-state index contributed by atoms with van der Waals surface area (Å²) in [5, 5.41) is 5.54. The molecule has 0 bridgehead atoms. The molecule has 2 N–H and O–H groups in total. The lowest BCUT2D eigenvalue weighted by molar-refractivity contribution is -0.159. The molecule has 0 radical (unpaired) electrons. The molecule has 0 fully saturated rings. The van der Waals surface area contributed by atoms with E-state index in [0.717, 1.165) is 38.5 Å². The fraction of sp³-hybridized carbons (Fsp3) is 0.897. The molecule has 0 spiro atoms. The van der Waals surface area contributed by atoms with Crippen LogP contribution in [0.3, 0.4) is 0 Å². The second-order valence-corrected chi connectivity index (χ2v) is 32.1. The smallest absolute Gasteiger partial charge is 0.410 e. The van der Waals surface area contributed by atoms with Crippen LogP contribution in [0.15, 0.2) is 0 Å². The maximum Gasteiger partial charge on any atom is 0.410 e. The van der Waals surface area contributed by atoms with E-state index in [1.165, 1.54) is 156 Å². The maximum absolute atomic E-state index is 13.9. The highest BCUT2D eigenvalue weighted by atomic mass is 16.6. The van der Waals surface area contributed by atoms with Gasteiger partial charge in [0.05, 0.1) is 6.54 Å². The Kier molecular flexibility index (Phi) is 51.6. The van der Waals surface area contributed by atoms with Crippen molar-refractivity contribution in [1.82, 2.24) is 30.2 Å². The van der Waals surface area contributed by atoms with Gasteiger partial charge in [-0.25, -0.2) is 24.0 Å². The number of ether oxygens (including phenoxy) is 7. The monoisotopic (exact) mass is 1410 g/mol. The van der Waals surface area contributed by atoms with Crippen LogP contribution >= 0.6 is 0 Å². The zero-order chi connectivity index (χ0) is 74.6. The Balaban J connectivity index is 6.09. The fourth-order valence-corrected chi connectivity index (χ4v) is 10.9. The standard InChI is InChI=1S/C78H148N6O15/c1-18-20-22-24-26-28-30-32-34-36-38-40-42-44-46-52-67(86)93-64-65(94-68(87)53-47-45-43-41-39-37-35-33-31-29-27-25-23-21-19-2)62-80-66(85)63-84(73(92)99-78(15,16)17)61-51-60-83(72(91)98-77(12,13)14)59-50-58-82(71(90)97-76(9,10)11)57-49-56-81(70(89)96-75(6,7)8)55-48-54-79-69(88)95-74(3,4)5/h65H,18-64H2,1-17H3,(H,79,88)(H,80,85)/t65-/m0/s1. The van der Waals surface area contributed by atoms with Crippen LogP contribution in [0.2, 0.25) is 0 Å². The largest absolute Gasteiger partial charge is 0.462 e. The summed E-state index contributed by atoms with van der Waals surface area (Å²) in [6.07, 6.45) is 33.9. The summed E-state index contributed by atoms with van der Waals surface area (Å²) in [6.45, 7) is 31.4. The SMILES string of the molecule is CCCCCCCCCCCCCCCCCC(=O)OC[C@H](CNC(=O)CN(CCCN(CCCN(CCCN(CCCNC(=O)OC(C)(C)C)C(=O)OC(C)(C)C)C(=O)OC(C)(C)C)C(=O)OC(C)(C)C)C(=O)OC(C)(C)C)OC(=O)CCCCCCCCCCCCCCCCC. The summed E-state index contributed by atoms with van der Waals surface area (Å²) in [4.78, 5) is 113. The van der Waals surface area contributed by atoms with Gasteiger partial charge in [0.2, 0.25) is 5.91 Å². The van der Waals surface area contributed by atoms with Crippen molar-refractivity contribution in [1.29, 1.82) is 0 Å². The highest BCUT2D eigenvalue weighted by molar-refractivity contribution is 5.82. The Hall–Kier alpha value is -5.24. The van der Waals surface area contributed by atoms with Crippen LogP contribution in [-0.2, 0) is 47.5 Å². The molecule has 0 saturated carbocycles. The van der Waals surface area contributed by atoms with Gasteiger partial charge >= 0.3 is 42.4 Å². The molecule has 0 aliphatic heterocycles. The van der Waals surface area contributed by atoms with E-state index in [1.54, 1.807) is 109 Å². The molecule has 0 aromatic rings. The molecular formula is C78H148N6O15. The second kappa shape index (κ2) is 54.5. The van der Waals surface area contributed by atoms with E-state index in [1.807, 2.05) is 0 Å². The maximum atomic E-state index is 13.9. The van der Waals surface area contributed by atoms with Crippen molar-refractivity contribution >= 4 is 48.3 Å². The number of hydrogen-bond acceptors (Lipinski definition) is 15. The predicted molar refractivity (Wildman–Crippen MR) is 397 cm³/mol. The Morgan fingerprint density at radius 3 is 0.899 bits per heavy atom. The van der Waals surface area contributed by atoms with Crippen LogP contribution in [0.25, 0.3) is 0 Å². The molecule has 0 aliphatic rings. The second-order valence-electron chi connectivity index (χ2n) is 32.1. The van der Waals surface area contributed by atoms with Gasteiger partial charge in [-0.15, -0.1) is 0 Å². The van der Waals surface area contributed by atoms with Gasteiger partial charge in [0.15, 0.2) is 6.10 Å². The molecule has 0 unspecified atom stereocenters. The number of nitrogens with zero attached hydrogens (tertiary/aromatic N) is 4. The molecule has 6 amide bonds. The van der Waals surface area contributed by atoms with Crippen molar-refractivity contribution < 1.29 is 71.5 Å². The lowest BCUT2D eigenvalue weighted by atomic mass is 10.0. The van der Waals surface area contributed by atoms with E-state index in [9.17, 15) is 38.4 Å². The van der Waals surface area contributed by atoms with Gasteiger partial charge in [-0.05, 0) is 142 Å². The summed E-state index contributed by atoms with van der Waals surface area (Å²) in [6, 6.07) is 0. The molecular weight excluding hydrogens is 1260 g/mol. The third-order valence-electron chi connectivity index (χ3n) is 16.0. The minimum absolute atomic E-state index is 0.00846. The number of rotatable bonds is 55. The summed E-state index contributed by atoms with van der Waals surface area (Å²) >= 11 is 0.